The van der Waals surface area contributed by atoms with Crippen molar-refractivity contribution in [1.82, 2.24) is 31.1 Å². The fourth-order valence-corrected chi connectivity index (χ4v) is 6.72. The summed E-state index contributed by atoms with van der Waals surface area (Å²) in [5.74, 6) is -4.27. The van der Waals surface area contributed by atoms with Crippen LogP contribution in [-0.2, 0) is 35.3 Å². The first-order valence-electron chi connectivity index (χ1n) is 17.4. The lowest BCUT2D eigenvalue weighted by Gasteiger charge is -2.32. The van der Waals surface area contributed by atoms with Gasteiger partial charge in [0.05, 0.1) is 25.2 Å². The Bertz CT molecular complexity index is 1530. The smallest absolute Gasteiger partial charge is 0.327 e. The van der Waals surface area contributed by atoms with E-state index in [1.54, 1.807) is 44.3 Å². The molecule has 2 aromatic rings. The molecule has 4 atom stereocenters. The van der Waals surface area contributed by atoms with Gasteiger partial charge >= 0.3 is 6.03 Å². The summed E-state index contributed by atoms with van der Waals surface area (Å²) in [4.78, 5) is 95.3. The van der Waals surface area contributed by atoms with Crippen LogP contribution in [0.3, 0.4) is 0 Å². The SMILES string of the molecule is CCCC(NC(=O)C1CN(Cc2ccccc2)C(=O)N1C(=O)C(NC)C1CCCCC1)C(=O)C(=O)NCC(=O)N[C@H](C(C)=O)c1ccccc1. The summed E-state index contributed by atoms with van der Waals surface area (Å²) in [5.41, 5.74) is 1.39. The molecule has 1 heterocycles. The Hall–Kier alpha value is -4.91. The second kappa shape index (κ2) is 18.2. The van der Waals surface area contributed by atoms with E-state index in [4.69, 9.17) is 0 Å². The third-order valence-corrected chi connectivity index (χ3v) is 9.32. The molecule has 0 aromatic heterocycles. The largest absolute Gasteiger partial charge is 0.344 e. The van der Waals surface area contributed by atoms with E-state index in [1.165, 1.54) is 11.8 Å². The molecule has 0 bridgehead atoms. The first-order chi connectivity index (χ1) is 24.0. The molecule has 50 heavy (non-hydrogen) atoms. The summed E-state index contributed by atoms with van der Waals surface area (Å²) < 4.78 is 0. The highest BCUT2D eigenvalue weighted by Gasteiger charge is 2.48. The van der Waals surface area contributed by atoms with Gasteiger partial charge in [0.2, 0.25) is 23.5 Å². The van der Waals surface area contributed by atoms with E-state index in [-0.39, 0.29) is 31.2 Å². The van der Waals surface area contributed by atoms with Crippen molar-refractivity contribution in [3.8, 4) is 0 Å². The Labute approximate surface area is 292 Å². The number of imide groups is 1. The van der Waals surface area contributed by atoms with Gasteiger partial charge < -0.3 is 26.2 Å². The van der Waals surface area contributed by atoms with E-state index in [0.29, 0.717) is 12.0 Å². The number of hydrogen-bond acceptors (Lipinski definition) is 8. The van der Waals surface area contributed by atoms with Crippen LogP contribution in [0.2, 0.25) is 0 Å². The molecule has 268 valence electrons. The average molecular weight is 689 g/mol. The lowest BCUT2D eigenvalue weighted by Crippen LogP contribution is -2.58. The molecule has 4 rings (SSSR count). The number of carbonyl (C=O) groups excluding carboxylic acids is 7. The van der Waals surface area contributed by atoms with E-state index in [0.717, 1.165) is 42.6 Å². The Morgan fingerprint density at radius 3 is 2.12 bits per heavy atom. The van der Waals surface area contributed by atoms with Crippen molar-refractivity contribution in [2.75, 3.05) is 20.1 Å². The Balaban J connectivity index is 1.46. The number of hydrogen-bond donors (Lipinski definition) is 4. The zero-order valence-corrected chi connectivity index (χ0v) is 29.0. The molecule has 6 amide bonds. The molecule has 0 radical (unpaired) electrons. The number of benzene rings is 2. The van der Waals surface area contributed by atoms with Crippen molar-refractivity contribution < 1.29 is 33.6 Å². The molecule has 4 N–H and O–H groups in total. The van der Waals surface area contributed by atoms with Crippen molar-refractivity contribution in [3.63, 3.8) is 0 Å². The summed E-state index contributed by atoms with van der Waals surface area (Å²) in [6, 6.07) is 13.1. The maximum Gasteiger partial charge on any atom is 0.327 e. The Morgan fingerprint density at radius 1 is 0.880 bits per heavy atom. The van der Waals surface area contributed by atoms with Crippen LogP contribution in [0.15, 0.2) is 60.7 Å². The zero-order valence-electron chi connectivity index (χ0n) is 29.0. The molecule has 1 aliphatic heterocycles. The van der Waals surface area contributed by atoms with Crippen molar-refractivity contribution >= 4 is 41.2 Å². The van der Waals surface area contributed by atoms with E-state index >= 15 is 0 Å². The quantitative estimate of drug-likeness (QED) is 0.195. The van der Waals surface area contributed by atoms with Crippen molar-refractivity contribution in [1.29, 1.82) is 0 Å². The Morgan fingerprint density at radius 2 is 1.52 bits per heavy atom. The van der Waals surface area contributed by atoms with E-state index in [9.17, 15) is 33.6 Å². The third kappa shape index (κ3) is 9.62. The van der Waals surface area contributed by atoms with E-state index < -0.39 is 66.2 Å². The first kappa shape index (κ1) is 37.9. The molecule has 1 saturated heterocycles. The number of Topliss-reactive ketones (excluding diaryl/α,β-unsaturated/α-hetero) is 2. The fourth-order valence-electron chi connectivity index (χ4n) is 6.72. The number of nitrogens with one attached hydrogen (secondary N) is 4. The normalized spacial score (nSPS) is 18.1. The molecule has 1 saturated carbocycles. The molecule has 1 aliphatic carbocycles. The van der Waals surface area contributed by atoms with Gasteiger partial charge in [0, 0.05) is 6.54 Å². The highest BCUT2D eigenvalue weighted by molar-refractivity contribution is 6.38. The molecule has 3 unspecified atom stereocenters. The maximum absolute atomic E-state index is 14.1. The summed E-state index contributed by atoms with van der Waals surface area (Å²) in [7, 11) is 1.67. The number of rotatable bonds is 16. The Kier molecular flexibility index (Phi) is 13.8. The topological polar surface area (TPSA) is 174 Å². The van der Waals surface area contributed by atoms with Crippen molar-refractivity contribution in [2.45, 2.75) is 89.5 Å². The molecule has 13 nitrogen and oxygen atoms in total. The van der Waals surface area contributed by atoms with Crippen LogP contribution in [0.25, 0.3) is 0 Å². The van der Waals surface area contributed by atoms with Gasteiger partial charge in [-0.05, 0) is 50.3 Å². The molecular formula is C37H48N6O7. The lowest BCUT2D eigenvalue weighted by atomic mass is 9.83. The van der Waals surface area contributed by atoms with Crippen LogP contribution in [0.4, 0.5) is 4.79 Å². The maximum atomic E-state index is 14.1. The molecular weight excluding hydrogens is 640 g/mol. The average Bonchev–Trinajstić information content (AvgIpc) is 3.45. The van der Waals surface area contributed by atoms with Crippen molar-refractivity contribution in [2.24, 2.45) is 5.92 Å². The van der Waals surface area contributed by atoms with Crippen LogP contribution < -0.4 is 21.3 Å². The monoisotopic (exact) mass is 688 g/mol. The predicted octanol–water partition coefficient (Wildman–Crippen LogP) is 2.40. The second-order valence-corrected chi connectivity index (χ2v) is 13.0. The van der Waals surface area contributed by atoms with Gasteiger partial charge in [0.1, 0.15) is 12.1 Å². The minimum Gasteiger partial charge on any atom is -0.344 e. The molecule has 2 fully saturated rings. The van der Waals surface area contributed by atoms with Crippen LogP contribution >= 0.6 is 0 Å². The summed E-state index contributed by atoms with van der Waals surface area (Å²) >= 11 is 0. The van der Waals surface area contributed by atoms with Gasteiger partial charge in [-0.3, -0.25) is 28.8 Å². The van der Waals surface area contributed by atoms with Gasteiger partial charge in [-0.2, -0.15) is 0 Å². The van der Waals surface area contributed by atoms with Gasteiger partial charge in [0.25, 0.3) is 5.91 Å². The van der Waals surface area contributed by atoms with Gasteiger partial charge in [-0.15, -0.1) is 0 Å². The van der Waals surface area contributed by atoms with Crippen LogP contribution in [0.5, 0.6) is 0 Å². The zero-order chi connectivity index (χ0) is 36.2. The van der Waals surface area contributed by atoms with Crippen molar-refractivity contribution in [3.05, 3.63) is 71.8 Å². The number of urea groups is 1. The molecule has 0 spiro atoms. The second-order valence-electron chi connectivity index (χ2n) is 13.0. The van der Waals surface area contributed by atoms with Gasteiger partial charge in [-0.25, -0.2) is 9.69 Å². The standard InChI is InChI=1S/C37H48N6O7/c1-4-14-28(33(46)35(48)39-21-30(45)41-31(24(2)44)26-17-10-6-11-18-26)40-34(47)29-23-42(22-25-15-8-5-9-16-25)37(50)43(29)36(49)32(38-3)27-19-12-7-13-20-27/h5-6,8-11,15-18,27-29,31-32,38H,4,7,12-14,19-23H2,1-3H3,(H,39,48)(H,40,47)(H,41,45)/t28?,29?,31-,32?/m1/s1. The number of amides is 6. The lowest BCUT2D eigenvalue weighted by molar-refractivity contribution is -0.142. The first-order valence-corrected chi connectivity index (χ1v) is 17.4. The van der Waals surface area contributed by atoms with Crippen LogP contribution in [0.1, 0.15) is 76.0 Å². The highest BCUT2D eigenvalue weighted by atomic mass is 16.2. The molecule has 2 aromatic carbocycles. The van der Waals surface area contributed by atoms with Gasteiger partial charge in [-0.1, -0.05) is 93.3 Å². The fraction of sp³-hybridized carbons (Fsp3) is 0.486. The highest BCUT2D eigenvalue weighted by Crippen LogP contribution is 2.29. The third-order valence-electron chi connectivity index (χ3n) is 9.32. The molecule has 13 heteroatoms. The minimum atomic E-state index is -1.27. The van der Waals surface area contributed by atoms with Gasteiger partial charge in [0.15, 0.2) is 5.78 Å². The summed E-state index contributed by atoms with van der Waals surface area (Å²) in [6.07, 6.45) is 5.21. The number of likely N-dealkylation sites (N-methyl/N-ethyl adjacent to an activating group) is 1. The number of ketones is 2. The summed E-state index contributed by atoms with van der Waals surface area (Å²) in [5, 5.41) is 10.6. The van der Waals surface area contributed by atoms with Crippen LogP contribution in [0, 0.1) is 5.92 Å². The molecule has 2 aliphatic rings. The van der Waals surface area contributed by atoms with E-state index in [1.807, 2.05) is 30.3 Å². The number of nitrogens with zero attached hydrogens (tertiary/aromatic N) is 2. The van der Waals surface area contributed by atoms with E-state index in [2.05, 4.69) is 21.3 Å². The van der Waals surface area contributed by atoms with Crippen LogP contribution in [-0.4, -0.2) is 89.3 Å². The summed E-state index contributed by atoms with van der Waals surface area (Å²) in [6.45, 7) is 2.62. The number of carbonyl (C=O) groups is 7. The predicted molar refractivity (Wildman–Crippen MR) is 185 cm³/mol. The minimum absolute atomic E-state index is 0.00895.